The Bertz CT molecular complexity index is 527. The number of benzene rings is 1. The molecule has 0 spiro atoms. The fraction of sp³-hybridized carbons (Fsp3) is 0.100. The van der Waals surface area contributed by atoms with Crippen LogP contribution >= 0.6 is 33.9 Å². The number of nitrogens with zero attached hydrogens (tertiary/aromatic N) is 1. The van der Waals surface area contributed by atoms with E-state index in [0.717, 1.165) is 24.1 Å². The molecule has 0 aliphatic heterocycles. The zero-order chi connectivity index (χ0) is 10.1. The van der Waals surface area contributed by atoms with Crippen molar-refractivity contribution in [2.45, 2.75) is 6.61 Å². The fourth-order valence-electron chi connectivity index (χ4n) is 1.28. The van der Waals surface area contributed by atoms with E-state index in [0.29, 0.717) is 0 Å². The van der Waals surface area contributed by atoms with E-state index in [1.807, 2.05) is 18.2 Å². The Morgan fingerprint density at radius 3 is 2.93 bits per heavy atom. The molecule has 0 amide bonds. The van der Waals surface area contributed by atoms with Crippen molar-refractivity contribution in [3.63, 3.8) is 0 Å². The normalized spacial score (nSPS) is 10.4. The summed E-state index contributed by atoms with van der Waals surface area (Å²) in [5, 5.41) is 18.9. The van der Waals surface area contributed by atoms with Crippen molar-refractivity contribution in [2.75, 3.05) is 0 Å². The third kappa shape index (κ3) is 1.52. The molecule has 2 nitrogen and oxygen atoms in total. The minimum atomic E-state index is 0.0454. The molecule has 4 heteroatoms. The lowest BCUT2D eigenvalue weighted by Gasteiger charge is -1.95. The van der Waals surface area contributed by atoms with Crippen LogP contribution in [0.25, 0.3) is 10.1 Å². The first-order chi connectivity index (χ1) is 6.76. The summed E-state index contributed by atoms with van der Waals surface area (Å²) in [4.78, 5) is 0.746. The Morgan fingerprint density at radius 1 is 1.50 bits per heavy atom. The summed E-state index contributed by atoms with van der Waals surface area (Å²) in [5.41, 5.74) is 0.887. The zero-order valence-corrected chi connectivity index (χ0v) is 10.1. The van der Waals surface area contributed by atoms with Crippen LogP contribution in [0, 0.1) is 14.9 Å². The number of aliphatic hydroxyl groups excluding tert-OH is 1. The van der Waals surface area contributed by atoms with Gasteiger partial charge in [0, 0.05) is 13.7 Å². The van der Waals surface area contributed by atoms with Gasteiger partial charge in [0.05, 0.1) is 6.61 Å². The Labute approximate surface area is 98.9 Å². The topological polar surface area (TPSA) is 44.0 Å². The van der Waals surface area contributed by atoms with Gasteiger partial charge in [-0.1, -0.05) is 6.07 Å². The molecule has 0 saturated carbocycles. The lowest BCUT2D eigenvalue weighted by Crippen LogP contribution is -1.81. The average molecular weight is 315 g/mol. The molecule has 1 aromatic heterocycles. The standard InChI is InChI=1S/C10H6INOS/c11-10-7-3-6(5-13)1-2-8(7)14-9(10)4-12/h1-3,13H,5H2. The van der Waals surface area contributed by atoms with Crippen LogP contribution < -0.4 is 0 Å². The van der Waals surface area contributed by atoms with Crippen LogP contribution in [-0.2, 0) is 6.61 Å². The van der Waals surface area contributed by atoms with Crippen LogP contribution in [0.3, 0.4) is 0 Å². The highest BCUT2D eigenvalue weighted by atomic mass is 127. The maximum atomic E-state index is 8.99. The summed E-state index contributed by atoms with van der Waals surface area (Å²) >= 11 is 3.67. The van der Waals surface area contributed by atoms with Crippen LogP contribution in [0.4, 0.5) is 0 Å². The molecule has 0 fully saturated rings. The van der Waals surface area contributed by atoms with Gasteiger partial charge in [-0.15, -0.1) is 11.3 Å². The maximum absolute atomic E-state index is 8.99. The smallest absolute Gasteiger partial charge is 0.119 e. The van der Waals surface area contributed by atoms with Crippen molar-refractivity contribution in [1.82, 2.24) is 0 Å². The summed E-state index contributed by atoms with van der Waals surface area (Å²) in [5.74, 6) is 0. The van der Waals surface area contributed by atoms with Crippen molar-refractivity contribution < 1.29 is 5.11 Å². The fourth-order valence-corrected chi connectivity index (χ4v) is 3.24. The molecule has 1 N–H and O–H groups in total. The highest BCUT2D eigenvalue weighted by molar-refractivity contribution is 14.1. The summed E-state index contributed by atoms with van der Waals surface area (Å²) in [6.45, 7) is 0.0454. The zero-order valence-electron chi connectivity index (χ0n) is 7.12. The van der Waals surface area contributed by atoms with Crippen molar-refractivity contribution in [2.24, 2.45) is 0 Å². The summed E-state index contributed by atoms with van der Waals surface area (Å²) < 4.78 is 2.09. The first-order valence-corrected chi connectivity index (χ1v) is 5.87. The van der Waals surface area contributed by atoms with E-state index in [1.54, 1.807) is 0 Å². The molecule has 0 radical (unpaired) electrons. The van der Waals surface area contributed by atoms with Gasteiger partial charge < -0.3 is 5.11 Å². The predicted molar refractivity (Wildman–Crippen MR) is 65.2 cm³/mol. The number of hydrogen-bond acceptors (Lipinski definition) is 3. The first-order valence-electron chi connectivity index (χ1n) is 3.98. The van der Waals surface area contributed by atoms with Crippen LogP contribution in [0.1, 0.15) is 10.4 Å². The SMILES string of the molecule is N#Cc1sc2ccc(CO)cc2c1I. The van der Waals surface area contributed by atoms with E-state index in [2.05, 4.69) is 28.7 Å². The van der Waals surface area contributed by atoms with Gasteiger partial charge in [-0.25, -0.2) is 0 Å². The van der Waals surface area contributed by atoms with Gasteiger partial charge in [-0.05, 0) is 40.3 Å². The van der Waals surface area contributed by atoms with Crippen LogP contribution in [-0.4, -0.2) is 5.11 Å². The molecule has 2 rings (SSSR count). The van der Waals surface area contributed by atoms with Crippen molar-refractivity contribution >= 4 is 44.0 Å². The van der Waals surface area contributed by atoms with E-state index in [1.165, 1.54) is 11.3 Å². The quantitative estimate of drug-likeness (QED) is 0.823. The highest BCUT2D eigenvalue weighted by Gasteiger charge is 2.09. The predicted octanol–water partition coefficient (Wildman–Crippen LogP) is 2.87. The van der Waals surface area contributed by atoms with Gasteiger partial charge in [-0.2, -0.15) is 5.26 Å². The Hall–Kier alpha value is -0.640. The Kier molecular flexibility index (Phi) is 2.72. The molecule has 0 unspecified atom stereocenters. The summed E-state index contributed by atoms with van der Waals surface area (Å²) in [7, 11) is 0. The molecule has 0 aliphatic rings. The second kappa shape index (κ2) is 3.85. The Morgan fingerprint density at radius 2 is 2.29 bits per heavy atom. The summed E-state index contributed by atoms with van der Waals surface area (Å²) in [6.07, 6.45) is 0. The number of nitriles is 1. The molecule has 0 atom stereocenters. The molecular weight excluding hydrogens is 309 g/mol. The third-order valence-electron chi connectivity index (χ3n) is 1.98. The minimum Gasteiger partial charge on any atom is -0.392 e. The highest BCUT2D eigenvalue weighted by Crippen LogP contribution is 2.32. The van der Waals surface area contributed by atoms with Gasteiger partial charge in [0.1, 0.15) is 10.9 Å². The minimum absolute atomic E-state index is 0.0454. The number of hydrogen-bond donors (Lipinski definition) is 1. The van der Waals surface area contributed by atoms with Gasteiger partial charge in [0.2, 0.25) is 0 Å². The van der Waals surface area contributed by atoms with E-state index in [-0.39, 0.29) is 6.61 Å². The van der Waals surface area contributed by atoms with E-state index < -0.39 is 0 Å². The monoisotopic (exact) mass is 315 g/mol. The van der Waals surface area contributed by atoms with Gasteiger partial charge >= 0.3 is 0 Å². The number of rotatable bonds is 1. The van der Waals surface area contributed by atoms with E-state index in [9.17, 15) is 0 Å². The van der Waals surface area contributed by atoms with Crippen molar-refractivity contribution in [3.8, 4) is 6.07 Å². The lowest BCUT2D eigenvalue weighted by molar-refractivity contribution is 0.282. The number of aliphatic hydroxyl groups is 1. The molecule has 1 aromatic carbocycles. The number of thiophene rings is 1. The second-order valence-electron chi connectivity index (χ2n) is 2.85. The number of halogens is 1. The van der Waals surface area contributed by atoms with Crippen LogP contribution in [0.5, 0.6) is 0 Å². The average Bonchev–Trinajstić information content (AvgIpc) is 2.55. The molecule has 1 heterocycles. The second-order valence-corrected chi connectivity index (χ2v) is 4.98. The van der Waals surface area contributed by atoms with Gasteiger partial charge in [-0.3, -0.25) is 0 Å². The Balaban J connectivity index is 2.76. The maximum Gasteiger partial charge on any atom is 0.119 e. The molecule has 2 aromatic rings. The van der Waals surface area contributed by atoms with Crippen LogP contribution in [0.2, 0.25) is 0 Å². The van der Waals surface area contributed by atoms with Crippen molar-refractivity contribution in [1.29, 1.82) is 5.26 Å². The first kappa shape index (κ1) is 9.90. The van der Waals surface area contributed by atoms with Crippen molar-refractivity contribution in [3.05, 3.63) is 32.2 Å². The lowest BCUT2D eigenvalue weighted by atomic mass is 10.2. The molecule has 0 aliphatic carbocycles. The van der Waals surface area contributed by atoms with Crippen LogP contribution in [0.15, 0.2) is 18.2 Å². The molecule has 14 heavy (non-hydrogen) atoms. The summed E-state index contributed by atoms with van der Waals surface area (Å²) in [6, 6.07) is 7.95. The van der Waals surface area contributed by atoms with Gasteiger partial charge in [0.15, 0.2) is 0 Å². The molecular formula is C10H6INOS. The molecule has 70 valence electrons. The van der Waals surface area contributed by atoms with E-state index >= 15 is 0 Å². The third-order valence-corrected chi connectivity index (χ3v) is 4.54. The molecule has 0 saturated heterocycles. The van der Waals surface area contributed by atoms with E-state index in [4.69, 9.17) is 10.4 Å². The largest absolute Gasteiger partial charge is 0.392 e. The molecule has 0 bridgehead atoms. The number of fused-ring (bicyclic) bond motifs is 1. The van der Waals surface area contributed by atoms with Gasteiger partial charge in [0.25, 0.3) is 0 Å².